The number of carbonyl (C=O) groups excluding carboxylic acids is 2. The molecule has 1 aliphatic rings. The highest BCUT2D eigenvalue weighted by atomic mass is 19.4. The first-order chi connectivity index (χ1) is 18.3. The van der Waals surface area contributed by atoms with Gasteiger partial charge in [-0.3, -0.25) is 14.6 Å². The summed E-state index contributed by atoms with van der Waals surface area (Å²) in [7, 11) is 1.93. The van der Waals surface area contributed by atoms with Gasteiger partial charge in [0.05, 0.1) is 49.3 Å². The third kappa shape index (κ3) is 7.18. The molecule has 0 bridgehead atoms. The molecule has 8 nitrogen and oxygen atoms in total. The normalized spacial score (nSPS) is 20.5. The Labute approximate surface area is 224 Å². The van der Waals surface area contributed by atoms with E-state index in [4.69, 9.17) is 17.2 Å². The van der Waals surface area contributed by atoms with Crippen LogP contribution in [0, 0.1) is 0 Å². The predicted molar refractivity (Wildman–Crippen MR) is 142 cm³/mol. The van der Waals surface area contributed by atoms with E-state index in [0.717, 1.165) is 23.0 Å². The molecule has 1 aliphatic heterocycles. The Hall–Kier alpha value is -3.38. The summed E-state index contributed by atoms with van der Waals surface area (Å²) in [5, 5.41) is 3.62. The number of benzene rings is 2. The van der Waals surface area contributed by atoms with Crippen LogP contribution < -0.4 is 22.5 Å². The number of likely N-dealkylation sites (N-methyl/N-ethyl adjacent to an activating group) is 1. The number of amides is 1. The van der Waals surface area contributed by atoms with Gasteiger partial charge in [0, 0.05) is 18.0 Å². The minimum absolute atomic E-state index is 0.0122. The summed E-state index contributed by atoms with van der Waals surface area (Å²) in [6.07, 6.45) is -2.88. The first-order valence-corrected chi connectivity index (χ1v) is 12.8. The fourth-order valence-corrected chi connectivity index (χ4v) is 5.20. The van der Waals surface area contributed by atoms with Crippen molar-refractivity contribution < 1.29 is 27.2 Å². The molecule has 0 saturated carbocycles. The van der Waals surface area contributed by atoms with Gasteiger partial charge >= 0.3 is 6.18 Å². The lowest BCUT2D eigenvalue weighted by Crippen LogP contribution is -2.58. The molecule has 2 aromatic carbocycles. The molecule has 11 heteroatoms. The van der Waals surface area contributed by atoms with Crippen LogP contribution in [0.4, 0.5) is 13.2 Å². The lowest BCUT2D eigenvalue weighted by molar-refractivity contribution is -0.898. The topological polar surface area (TPSA) is 137 Å². The number of quaternary nitrogens is 1. The molecular formula is C28H34F3N6O2+. The van der Waals surface area contributed by atoms with Gasteiger partial charge in [0.25, 0.3) is 0 Å². The van der Waals surface area contributed by atoms with Gasteiger partial charge in [-0.05, 0) is 41.8 Å². The number of carbonyl (C=O) groups is 2. The zero-order chi connectivity index (χ0) is 28.4. The van der Waals surface area contributed by atoms with Gasteiger partial charge < -0.3 is 27.0 Å². The number of nitrogens with two attached hydrogens (primary N) is 3. The maximum absolute atomic E-state index is 13.4. The van der Waals surface area contributed by atoms with E-state index in [2.05, 4.69) is 10.3 Å². The number of para-hydroxylation sites is 1. The summed E-state index contributed by atoms with van der Waals surface area (Å²) in [6, 6.07) is 11.5. The summed E-state index contributed by atoms with van der Waals surface area (Å²) in [5.74, 6) is -0.830. The Balaban J connectivity index is 1.51. The molecule has 3 aromatic rings. The van der Waals surface area contributed by atoms with Gasteiger partial charge in [-0.1, -0.05) is 30.3 Å². The van der Waals surface area contributed by atoms with Crippen molar-refractivity contribution in [3.05, 3.63) is 77.5 Å². The van der Waals surface area contributed by atoms with Crippen LogP contribution in [0.25, 0.3) is 10.9 Å². The third-order valence-electron chi connectivity index (χ3n) is 7.28. The van der Waals surface area contributed by atoms with Crippen LogP contribution in [0.3, 0.4) is 0 Å². The molecule has 4 atom stereocenters. The van der Waals surface area contributed by atoms with Crippen molar-refractivity contribution in [3.8, 4) is 0 Å². The Morgan fingerprint density at radius 2 is 1.69 bits per heavy atom. The van der Waals surface area contributed by atoms with E-state index < -0.39 is 29.7 Å². The Morgan fingerprint density at radius 1 is 1.05 bits per heavy atom. The van der Waals surface area contributed by atoms with E-state index in [1.54, 1.807) is 6.20 Å². The van der Waals surface area contributed by atoms with Gasteiger partial charge in [0.1, 0.15) is 12.6 Å². The minimum atomic E-state index is -4.47. The fraction of sp³-hybridized carbons (Fsp3) is 0.393. The van der Waals surface area contributed by atoms with E-state index in [9.17, 15) is 22.8 Å². The lowest BCUT2D eigenvalue weighted by atomic mass is 9.96. The SMILES string of the molecule is C[N+]1(C[C@H](N)C(=O)N[C@H](Cc2ccc(C(F)(F)F)cc2)C(=O)Cc2cnc3ccccc3c2)C[C@H](N)[C@@H](N)C1. The lowest BCUT2D eigenvalue weighted by Gasteiger charge is -2.32. The highest BCUT2D eigenvalue weighted by Crippen LogP contribution is 2.29. The average Bonchev–Trinajstić information content (AvgIpc) is 3.13. The van der Waals surface area contributed by atoms with Crippen LogP contribution in [0.15, 0.2) is 60.8 Å². The van der Waals surface area contributed by atoms with Gasteiger partial charge in [-0.15, -0.1) is 0 Å². The van der Waals surface area contributed by atoms with Crippen LogP contribution in [-0.2, 0) is 28.6 Å². The molecule has 1 aromatic heterocycles. The molecule has 39 heavy (non-hydrogen) atoms. The van der Waals surface area contributed by atoms with E-state index in [-0.39, 0.29) is 37.3 Å². The first-order valence-electron chi connectivity index (χ1n) is 12.8. The van der Waals surface area contributed by atoms with Crippen molar-refractivity contribution in [2.75, 3.05) is 26.7 Å². The van der Waals surface area contributed by atoms with Crippen molar-refractivity contribution in [3.63, 3.8) is 0 Å². The van der Waals surface area contributed by atoms with Crippen molar-refractivity contribution in [1.29, 1.82) is 0 Å². The second-order valence-corrected chi connectivity index (χ2v) is 10.7. The number of nitrogens with one attached hydrogen (secondary N) is 1. The Bertz CT molecular complexity index is 1320. The van der Waals surface area contributed by atoms with E-state index in [0.29, 0.717) is 28.7 Å². The highest BCUT2D eigenvalue weighted by molar-refractivity contribution is 5.92. The van der Waals surface area contributed by atoms with Crippen LogP contribution in [0.1, 0.15) is 16.7 Å². The van der Waals surface area contributed by atoms with Crippen molar-refractivity contribution in [2.24, 2.45) is 17.2 Å². The summed E-state index contributed by atoms with van der Waals surface area (Å²) in [4.78, 5) is 31.0. The summed E-state index contributed by atoms with van der Waals surface area (Å²) < 4.78 is 39.5. The number of hydrogen-bond acceptors (Lipinski definition) is 6. The molecule has 2 heterocycles. The van der Waals surface area contributed by atoms with Gasteiger partial charge in [0.15, 0.2) is 5.78 Å². The number of Topliss-reactive ketones (excluding diaryl/α,β-unsaturated/α-hetero) is 1. The van der Waals surface area contributed by atoms with Crippen LogP contribution in [0.2, 0.25) is 0 Å². The number of pyridine rings is 1. The van der Waals surface area contributed by atoms with Crippen molar-refractivity contribution >= 4 is 22.6 Å². The molecule has 0 spiro atoms. The number of halogens is 3. The van der Waals surface area contributed by atoms with Crippen molar-refractivity contribution in [1.82, 2.24) is 10.3 Å². The van der Waals surface area contributed by atoms with Gasteiger partial charge in [-0.25, -0.2) is 0 Å². The zero-order valence-corrected chi connectivity index (χ0v) is 21.7. The summed E-state index contributed by atoms with van der Waals surface area (Å²) >= 11 is 0. The Morgan fingerprint density at radius 3 is 2.33 bits per heavy atom. The van der Waals surface area contributed by atoms with Crippen LogP contribution in [0.5, 0.6) is 0 Å². The number of aromatic nitrogens is 1. The summed E-state index contributed by atoms with van der Waals surface area (Å²) in [6.45, 7) is 1.43. The standard InChI is InChI=1S/C28H33F3N6O2/c1-37(14-21(32)22(33)15-37)16-23(34)27(39)36-25(11-17-6-8-20(9-7-17)28(29,30)31)26(38)12-18-10-19-4-2-3-5-24(19)35-13-18/h2-10,13,21-23,25H,11-12,14-16,32-34H2,1H3/p+1/t21-,22-,23-,25+/m0/s1. The molecule has 1 fully saturated rings. The molecular weight excluding hydrogens is 509 g/mol. The Kier molecular flexibility index (Phi) is 8.36. The number of likely N-dealkylation sites (tertiary alicyclic amines) is 1. The number of nitrogens with zero attached hydrogens (tertiary/aromatic N) is 2. The van der Waals surface area contributed by atoms with Crippen LogP contribution >= 0.6 is 0 Å². The number of hydrogen-bond donors (Lipinski definition) is 4. The second kappa shape index (κ2) is 11.4. The molecule has 7 N–H and O–H groups in total. The predicted octanol–water partition coefficient (Wildman–Crippen LogP) is 1.53. The molecule has 0 aliphatic carbocycles. The van der Waals surface area contributed by atoms with Gasteiger partial charge in [-0.2, -0.15) is 13.2 Å². The molecule has 1 saturated heterocycles. The average molecular weight is 544 g/mol. The molecule has 208 valence electrons. The number of ketones is 1. The van der Waals surface area contributed by atoms with E-state index >= 15 is 0 Å². The number of fused-ring (bicyclic) bond motifs is 1. The maximum Gasteiger partial charge on any atom is 0.416 e. The van der Waals surface area contributed by atoms with E-state index in [1.807, 2.05) is 37.4 Å². The number of alkyl halides is 3. The molecule has 0 unspecified atom stereocenters. The molecule has 1 amide bonds. The maximum atomic E-state index is 13.4. The zero-order valence-electron chi connectivity index (χ0n) is 21.7. The monoisotopic (exact) mass is 543 g/mol. The first kappa shape index (κ1) is 28.6. The van der Waals surface area contributed by atoms with Crippen molar-refractivity contribution in [2.45, 2.75) is 43.2 Å². The smallest absolute Gasteiger partial charge is 0.344 e. The fourth-order valence-electron chi connectivity index (χ4n) is 5.20. The minimum Gasteiger partial charge on any atom is -0.344 e. The van der Waals surface area contributed by atoms with Crippen LogP contribution in [-0.4, -0.2) is 72.0 Å². The number of rotatable bonds is 9. The molecule has 4 rings (SSSR count). The second-order valence-electron chi connectivity index (χ2n) is 10.7. The summed E-state index contributed by atoms with van der Waals surface area (Å²) in [5.41, 5.74) is 19.5. The third-order valence-corrected chi connectivity index (χ3v) is 7.28. The van der Waals surface area contributed by atoms with Gasteiger partial charge in [0.2, 0.25) is 5.91 Å². The molecule has 0 radical (unpaired) electrons. The quantitative estimate of drug-likeness (QED) is 0.302. The highest BCUT2D eigenvalue weighted by Gasteiger charge is 2.41. The van der Waals surface area contributed by atoms with E-state index in [1.165, 1.54) is 12.1 Å². The largest absolute Gasteiger partial charge is 0.416 e.